The highest BCUT2D eigenvalue weighted by Gasteiger charge is 2.29. The zero-order valence-electron chi connectivity index (χ0n) is 7.99. The van der Waals surface area contributed by atoms with Crippen LogP contribution in [0, 0.1) is 12.8 Å². The third kappa shape index (κ3) is 2.20. The van der Waals surface area contributed by atoms with Gasteiger partial charge in [-0.2, -0.15) is 5.10 Å². The Kier molecular flexibility index (Phi) is 2.63. The molecule has 2 rings (SSSR count). The van der Waals surface area contributed by atoms with Gasteiger partial charge in [-0.3, -0.25) is 4.79 Å². The first-order valence-electron chi connectivity index (χ1n) is 4.64. The molecular formula is C10H12N2OS. The third-order valence-electron chi connectivity index (χ3n) is 2.21. The summed E-state index contributed by atoms with van der Waals surface area (Å²) in [6.07, 6.45) is 3.74. The molecule has 1 aromatic heterocycles. The van der Waals surface area contributed by atoms with E-state index in [4.69, 9.17) is 0 Å². The molecule has 1 amide bonds. The van der Waals surface area contributed by atoms with Crippen LogP contribution in [0.3, 0.4) is 0 Å². The van der Waals surface area contributed by atoms with Gasteiger partial charge in [0.15, 0.2) is 0 Å². The van der Waals surface area contributed by atoms with Gasteiger partial charge in [0.1, 0.15) is 0 Å². The number of carbonyl (C=O) groups is 1. The molecule has 1 saturated carbocycles. The normalized spacial score (nSPS) is 16.1. The van der Waals surface area contributed by atoms with Crippen LogP contribution in [0.25, 0.3) is 0 Å². The van der Waals surface area contributed by atoms with E-state index in [1.807, 2.05) is 18.4 Å². The lowest BCUT2D eigenvalue weighted by molar-refractivity contribution is -0.122. The van der Waals surface area contributed by atoms with E-state index in [-0.39, 0.29) is 11.8 Å². The van der Waals surface area contributed by atoms with Gasteiger partial charge in [0.2, 0.25) is 5.91 Å². The predicted molar refractivity (Wildman–Crippen MR) is 57.5 cm³/mol. The Morgan fingerprint density at radius 2 is 2.50 bits per heavy atom. The third-order valence-corrected chi connectivity index (χ3v) is 3.16. The van der Waals surface area contributed by atoms with Gasteiger partial charge < -0.3 is 0 Å². The Balaban J connectivity index is 1.87. The van der Waals surface area contributed by atoms with Crippen LogP contribution in [0.4, 0.5) is 0 Å². The number of nitrogens with one attached hydrogen (secondary N) is 1. The molecule has 0 bridgehead atoms. The predicted octanol–water partition coefficient (Wildman–Crippen LogP) is 1.92. The van der Waals surface area contributed by atoms with Crippen LogP contribution < -0.4 is 5.43 Å². The lowest BCUT2D eigenvalue weighted by Gasteiger charge is -1.94. The Morgan fingerprint density at radius 3 is 3.07 bits per heavy atom. The van der Waals surface area contributed by atoms with Crippen molar-refractivity contribution in [2.24, 2.45) is 11.0 Å². The van der Waals surface area contributed by atoms with Crippen LogP contribution in [-0.4, -0.2) is 12.1 Å². The first-order chi connectivity index (χ1) is 6.77. The fraction of sp³-hybridized carbons (Fsp3) is 0.400. The van der Waals surface area contributed by atoms with Crippen molar-refractivity contribution >= 4 is 23.5 Å². The molecule has 4 heteroatoms. The monoisotopic (exact) mass is 208 g/mol. The van der Waals surface area contributed by atoms with Gasteiger partial charge in [0, 0.05) is 10.8 Å². The highest BCUT2D eigenvalue weighted by atomic mass is 32.1. The summed E-state index contributed by atoms with van der Waals surface area (Å²) in [6.45, 7) is 2.03. The van der Waals surface area contributed by atoms with Gasteiger partial charge in [-0.1, -0.05) is 0 Å². The highest BCUT2D eigenvalue weighted by Crippen LogP contribution is 2.28. The molecule has 1 fully saturated rings. The lowest BCUT2D eigenvalue weighted by Crippen LogP contribution is -2.18. The fourth-order valence-corrected chi connectivity index (χ4v) is 1.89. The van der Waals surface area contributed by atoms with Crippen molar-refractivity contribution in [3.05, 3.63) is 21.9 Å². The first kappa shape index (κ1) is 9.40. The van der Waals surface area contributed by atoms with Crippen LogP contribution in [0.1, 0.15) is 23.3 Å². The summed E-state index contributed by atoms with van der Waals surface area (Å²) in [5.41, 5.74) is 3.74. The average Bonchev–Trinajstić information content (AvgIpc) is 2.93. The Labute approximate surface area is 86.8 Å². The second-order valence-electron chi connectivity index (χ2n) is 3.48. The quantitative estimate of drug-likeness (QED) is 0.598. The molecule has 0 unspecified atom stereocenters. The molecule has 1 aliphatic rings. The summed E-state index contributed by atoms with van der Waals surface area (Å²) < 4.78 is 0. The molecule has 0 saturated heterocycles. The van der Waals surface area contributed by atoms with Gasteiger partial charge in [-0.25, -0.2) is 5.43 Å². The molecule has 74 valence electrons. The second-order valence-corrected chi connectivity index (χ2v) is 4.42. The van der Waals surface area contributed by atoms with E-state index < -0.39 is 0 Å². The van der Waals surface area contributed by atoms with E-state index in [0.717, 1.165) is 17.7 Å². The molecule has 3 nitrogen and oxygen atoms in total. The topological polar surface area (TPSA) is 41.5 Å². The summed E-state index contributed by atoms with van der Waals surface area (Å²) in [5.74, 6) is 0.270. The van der Waals surface area contributed by atoms with E-state index >= 15 is 0 Å². The van der Waals surface area contributed by atoms with Gasteiger partial charge in [0.25, 0.3) is 0 Å². The van der Waals surface area contributed by atoms with Crippen molar-refractivity contribution in [1.82, 2.24) is 5.43 Å². The van der Waals surface area contributed by atoms with Crippen LogP contribution in [0.15, 0.2) is 16.5 Å². The Morgan fingerprint density at radius 1 is 1.71 bits per heavy atom. The number of thiophene rings is 1. The van der Waals surface area contributed by atoms with E-state index in [0.29, 0.717) is 0 Å². The van der Waals surface area contributed by atoms with Crippen molar-refractivity contribution in [3.63, 3.8) is 0 Å². The van der Waals surface area contributed by atoms with E-state index in [1.165, 1.54) is 5.56 Å². The van der Waals surface area contributed by atoms with Crippen molar-refractivity contribution in [1.29, 1.82) is 0 Å². The summed E-state index contributed by atoms with van der Waals surface area (Å²) in [5, 5.41) is 5.94. The molecule has 1 N–H and O–H groups in total. The molecule has 0 spiro atoms. The summed E-state index contributed by atoms with van der Waals surface area (Å²) >= 11 is 1.62. The number of hydrazone groups is 1. The van der Waals surface area contributed by atoms with Gasteiger partial charge >= 0.3 is 0 Å². The van der Waals surface area contributed by atoms with Crippen molar-refractivity contribution in [2.75, 3.05) is 0 Å². The first-order valence-corrected chi connectivity index (χ1v) is 5.52. The van der Waals surface area contributed by atoms with Crippen LogP contribution >= 0.6 is 11.3 Å². The van der Waals surface area contributed by atoms with Crippen molar-refractivity contribution in [2.45, 2.75) is 19.8 Å². The van der Waals surface area contributed by atoms with Gasteiger partial charge in [-0.05, 0) is 36.8 Å². The van der Waals surface area contributed by atoms with Crippen LogP contribution in [0.2, 0.25) is 0 Å². The molecule has 0 aliphatic heterocycles. The molecule has 1 aliphatic carbocycles. The number of carbonyl (C=O) groups excluding carboxylic acids is 1. The smallest absolute Gasteiger partial charge is 0.243 e. The standard InChI is InChI=1S/C10H12N2OS/c1-7-4-5-14-9(7)6-11-12-10(13)8-2-3-8/h4-6,8H,2-3H2,1H3,(H,12,13). The molecule has 14 heavy (non-hydrogen) atoms. The van der Waals surface area contributed by atoms with Crippen LogP contribution in [0.5, 0.6) is 0 Å². The fourth-order valence-electron chi connectivity index (χ4n) is 1.11. The average molecular weight is 208 g/mol. The summed E-state index contributed by atoms with van der Waals surface area (Å²) in [4.78, 5) is 12.3. The zero-order valence-corrected chi connectivity index (χ0v) is 8.80. The molecular weight excluding hydrogens is 196 g/mol. The Hall–Kier alpha value is -1.16. The number of amides is 1. The van der Waals surface area contributed by atoms with Gasteiger partial charge in [-0.15, -0.1) is 11.3 Å². The Bertz CT molecular complexity index is 366. The SMILES string of the molecule is Cc1ccsc1C=NNC(=O)C1CC1. The minimum absolute atomic E-state index is 0.0514. The van der Waals surface area contributed by atoms with E-state index in [2.05, 4.69) is 10.5 Å². The minimum Gasteiger partial charge on any atom is -0.273 e. The number of aryl methyl sites for hydroxylation is 1. The maximum Gasteiger partial charge on any atom is 0.243 e. The van der Waals surface area contributed by atoms with E-state index in [1.54, 1.807) is 17.6 Å². The maximum absolute atomic E-state index is 11.2. The van der Waals surface area contributed by atoms with Gasteiger partial charge in [0.05, 0.1) is 6.21 Å². The number of rotatable bonds is 3. The zero-order chi connectivity index (χ0) is 9.97. The molecule has 1 aromatic rings. The van der Waals surface area contributed by atoms with Crippen LogP contribution in [-0.2, 0) is 4.79 Å². The number of hydrogen-bond acceptors (Lipinski definition) is 3. The second kappa shape index (κ2) is 3.92. The minimum atomic E-state index is 0.0514. The molecule has 0 radical (unpaired) electrons. The number of hydrogen-bond donors (Lipinski definition) is 1. The largest absolute Gasteiger partial charge is 0.273 e. The molecule has 0 aromatic carbocycles. The van der Waals surface area contributed by atoms with Crippen molar-refractivity contribution < 1.29 is 4.79 Å². The van der Waals surface area contributed by atoms with Crippen molar-refractivity contribution in [3.8, 4) is 0 Å². The molecule has 1 heterocycles. The maximum atomic E-state index is 11.2. The summed E-state index contributed by atoms with van der Waals surface area (Å²) in [6, 6.07) is 2.04. The highest BCUT2D eigenvalue weighted by molar-refractivity contribution is 7.11. The lowest BCUT2D eigenvalue weighted by atomic mass is 10.3. The number of nitrogens with zero attached hydrogens (tertiary/aromatic N) is 1. The molecule has 0 atom stereocenters. The summed E-state index contributed by atoms with van der Waals surface area (Å²) in [7, 11) is 0. The van der Waals surface area contributed by atoms with E-state index in [9.17, 15) is 4.79 Å².